The van der Waals surface area contributed by atoms with E-state index < -0.39 is 0 Å². The van der Waals surface area contributed by atoms with Gasteiger partial charge in [0.05, 0.1) is 13.2 Å². The molecule has 0 radical (unpaired) electrons. The molecule has 0 bridgehead atoms. The number of carbonyl (C=O) groups is 2. The normalized spacial score (nSPS) is 16.8. The fourth-order valence-corrected chi connectivity index (χ4v) is 4.05. The van der Waals surface area contributed by atoms with Gasteiger partial charge in [-0.05, 0) is 43.9 Å². The van der Waals surface area contributed by atoms with E-state index >= 15 is 0 Å². The third-order valence-electron chi connectivity index (χ3n) is 5.34. The summed E-state index contributed by atoms with van der Waals surface area (Å²) in [4.78, 5) is 27.1. The van der Waals surface area contributed by atoms with E-state index in [0.29, 0.717) is 39.0 Å². The largest absolute Gasteiger partial charge is 0.370 e. The lowest BCUT2D eigenvalue weighted by Crippen LogP contribution is -2.42. The molecule has 3 rings (SSSR count). The summed E-state index contributed by atoms with van der Waals surface area (Å²) in [6.07, 6.45) is 1.32. The third kappa shape index (κ3) is 4.87. The summed E-state index contributed by atoms with van der Waals surface area (Å²) in [5.41, 5.74) is 5.12. The lowest BCUT2D eigenvalue weighted by Gasteiger charge is -2.33. The molecule has 148 valence electrons. The van der Waals surface area contributed by atoms with Crippen LogP contribution in [-0.2, 0) is 9.53 Å². The maximum absolute atomic E-state index is 12.6. The smallest absolute Gasteiger partial charge is 0.222 e. The number of hydrogen-bond donors (Lipinski definition) is 0. The van der Waals surface area contributed by atoms with E-state index in [9.17, 15) is 9.59 Å². The number of hydrogen-bond acceptors (Lipinski definition) is 3. The van der Waals surface area contributed by atoms with Crippen molar-refractivity contribution in [3.63, 3.8) is 0 Å². The number of ketones is 1. The Morgan fingerprint density at radius 2 is 1.71 bits per heavy atom. The molecule has 1 aliphatic heterocycles. The zero-order valence-corrected chi connectivity index (χ0v) is 17.0. The zero-order valence-electron chi connectivity index (χ0n) is 17.0. The van der Waals surface area contributed by atoms with E-state index in [1.807, 2.05) is 68.1 Å². The van der Waals surface area contributed by atoms with Crippen molar-refractivity contribution in [1.82, 2.24) is 4.90 Å². The number of Topliss-reactive ketones (excluding diaryl/α,β-unsaturated/α-hetero) is 1. The standard InChI is InChI=1S/C24H29NO3/c1-17-14-18(2)24(19(3)15-17)21(26)10-7-11-23(27)25-12-13-28-22(16-25)20-8-5-4-6-9-20/h4-6,8-9,14-15,22H,7,10-13,16H2,1-3H3/t22-/m1/s1. The van der Waals surface area contributed by atoms with Crippen LogP contribution in [0.25, 0.3) is 0 Å². The minimum Gasteiger partial charge on any atom is -0.370 e. The van der Waals surface area contributed by atoms with Gasteiger partial charge in [-0.15, -0.1) is 0 Å². The molecule has 1 fully saturated rings. The number of carbonyl (C=O) groups excluding carboxylic acids is 2. The van der Waals surface area contributed by atoms with E-state index in [1.165, 1.54) is 5.56 Å². The summed E-state index contributed by atoms with van der Waals surface area (Å²) < 4.78 is 5.83. The number of morpholine rings is 1. The van der Waals surface area contributed by atoms with Crippen LogP contribution in [0, 0.1) is 20.8 Å². The Morgan fingerprint density at radius 3 is 2.39 bits per heavy atom. The van der Waals surface area contributed by atoms with Gasteiger partial charge in [0.2, 0.25) is 5.91 Å². The lowest BCUT2D eigenvalue weighted by atomic mass is 9.94. The Bertz CT molecular complexity index is 821. The predicted molar refractivity (Wildman–Crippen MR) is 111 cm³/mol. The van der Waals surface area contributed by atoms with Gasteiger partial charge in [-0.1, -0.05) is 48.0 Å². The van der Waals surface area contributed by atoms with Crippen LogP contribution < -0.4 is 0 Å². The molecule has 0 aliphatic carbocycles. The maximum Gasteiger partial charge on any atom is 0.222 e. The van der Waals surface area contributed by atoms with Gasteiger partial charge in [0.15, 0.2) is 5.78 Å². The molecule has 0 saturated carbocycles. The molecule has 0 spiro atoms. The van der Waals surface area contributed by atoms with Gasteiger partial charge in [-0.25, -0.2) is 0 Å². The SMILES string of the molecule is Cc1cc(C)c(C(=O)CCCC(=O)N2CCO[C@@H](c3ccccc3)C2)c(C)c1. The van der Waals surface area contributed by atoms with Crippen molar-refractivity contribution in [2.24, 2.45) is 0 Å². The summed E-state index contributed by atoms with van der Waals surface area (Å²) in [6.45, 7) is 7.74. The molecule has 0 unspecified atom stereocenters. The van der Waals surface area contributed by atoms with Crippen molar-refractivity contribution < 1.29 is 14.3 Å². The highest BCUT2D eigenvalue weighted by molar-refractivity contribution is 5.99. The van der Waals surface area contributed by atoms with Crippen LogP contribution in [-0.4, -0.2) is 36.3 Å². The van der Waals surface area contributed by atoms with E-state index in [4.69, 9.17) is 4.74 Å². The quantitative estimate of drug-likeness (QED) is 0.691. The average Bonchev–Trinajstić information content (AvgIpc) is 2.68. The Hall–Kier alpha value is -2.46. The number of ether oxygens (including phenoxy) is 1. The third-order valence-corrected chi connectivity index (χ3v) is 5.34. The summed E-state index contributed by atoms with van der Waals surface area (Å²) in [7, 11) is 0. The van der Waals surface area contributed by atoms with Crippen molar-refractivity contribution in [3.8, 4) is 0 Å². The van der Waals surface area contributed by atoms with Crippen molar-refractivity contribution in [2.75, 3.05) is 19.7 Å². The van der Waals surface area contributed by atoms with Crippen LogP contribution in [0.1, 0.15) is 58.0 Å². The first-order valence-electron chi connectivity index (χ1n) is 10.0. The topological polar surface area (TPSA) is 46.6 Å². The van der Waals surface area contributed by atoms with Gasteiger partial charge in [0.1, 0.15) is 6.10 Å². The first kappa shape index (κ1) is 20.3. The lowest BCUT2D eigenvalue weighted by molar-refractivity contribution is -0.139. The molecule has 4 nitrogen and oxygen atoms in total. The highest BCUT2D eigenvalue weighted by Crippen LogP contribution is 2.23. The minimum absolute atomic E-state index is 0.0709. The Balaban J connectivity index is 1.52. The van der Waals surface area contributed by atoms with Crippen LogP contribution >= 0.6 is 0 Å². The number of amides is 1. The molecular formula is C24H29NO3. The number of rotatable bonds is 6. The molecule has 1 atom stereocenters. The van der Waals surface area contributed by atoms with Gasteiger partial charge in [-0.3, -0.25) is 9.59 Å². The summed E-state index contributed by atoms with van der Waals surface area (Å²) >= 11 is 0. The fourth-order valence-electron chi connectivity index (χ4n) is 4.05. The summed E-state index contributed by atoms with van der Waals surface area (Å²) in [5.74, 6) is 0.237. The zero-order chi connectivity index (χ0) is 20.1. The molecular weight excluding hydrogens is 350 g/mol. The van der Waals surface area contributed by atoms with Gasteiger partial charge < -0.3 is 9.64 Å². The maximum atomic E-state index is 12.6. The van der Waals surface area contributed by atoms with E-state index in [1.54, 1.807) is 0 Å². The molecule has 0 aromatic heterocycles. The molecule has 2 aromatic carbocycles. The summed E-state index contributed by atoms with van der Waals surface area (Å²) in [5, 5.41) is 0. The minimum atomic E-state index is -0.0709. The highest BCUT2D eigenvalue weighted by Gasteiger charge is 2.25. The van der Waals surface area contributed by atoms with Crippen molar-refractivity contribution in [1.29, 1.82) is 0 Å². The second kappa shape index (κ2) is 9.16. The predicted octanol–water partition coefficient (Wildman–Crippen LogP) is 4.56. The molecule has 1 amide bonds. The molecule has 1 heterocycles. The summed E-state index contributed by atoms with van der Waals surface area (Å²) in [6, 6.07) is 14.1. The van der Waals surface area contributed by atoms with E-state index in [2.05, 4.69) is 0 Å². The first-order chi connectivity index (χ1) is 13.5. The second-order valence-electron chi connectivity index (χ2n) is 7.66. The van der Waals surface area contributed by atoms with Crippen LogP contribution in [0.15, 0.2) is 42.5 Å². The average molecular weight is 380 g/mol. The Kier molecular flexibility index (Phi) is 6.63. The monoisotopic (exact) mass is 379 g/mol. The molecule has 2 aromatic rings. The van der Waals surface area contributed by atoms with Gasteiger partial charge in [0.25, 0.3) is 0 Å². The van der Waals surface area contributed by atoms with Crippen molar-refractivity contribution >= 4 is 11.7 Å². The molecule has 1 saturated heterocycles. The van der Waals surface area contributed by atoms with E-state index in [0.717, 1.165) is 22.3 Å². The van der Waals surface area contributed by atoms with Gasteiger partial charge in [-0.2, -0.15) is 0 Å². The number of aryl methyl sites for hydroxylation is 3. The van der Waals surface area contributed by atoms with Crippen molar-refractivity contribution in [2.45, 2.75) is 46.1 Å². The van der Waals surface area contributed by atoms with Crippen LogP contribution in [0.3, 0.4) is 0 Å². The van der Waals surface area contributed by atoms with Gasteiger partial charge in [0, 0.05) is 24.9 Å². The molecule has 0 N–H and O–H groups in total. The van der Waals surface area contributed by atoms with Crippen molar-refractivity contribution in [3.05, 3.63) is 70.3 Å². The molecule has 28 heavy (non-hydrogen) atoms. The highest BCUT2D eigenvalue weighted by atomic mass is 16.5. The van der Waals surface area contributed by atoms with Crippen LogP contribution in [0.2, 0.25) is 0 Å². The second-order valence-corrected chi connectivity index (χ2v) is 7.66. The Morgan fingerprint density at radius 1 is 1.04 bits per heavy atom. The number of benzene rings is 2. The first-order valence-corrected chi connectivity index (χ1v) is 10.0. The fraction of sp³-hybridized carbons (Fsp3) is 0.417. The van der Waals surface area contributed by atoms with Crippen LogP contribution in [0.5, 0.6) is 0 Å². The molecule has 4 heteroatoms. The molecule has 1 aliphatic rings. The van der Waals surface area contributed by atoms with Gasteiger partial charge >= 0.3 is 0 Å². The number of nitrogens with zero attached hydrogens (tertiary/aromatic N) is 1. The van der Waals surface area contributed by atoms with E-state index in [-0.39, 0.29) is 17.8 Å². The van der Waals surface area contributed by atoms with Crippen LogP contribution in [0.4, 0.5) is 0 Å². The Labute approximate surface area is 167 Å².